The highest BCUT2D eigenvalue weighted by atomic mass is 32.2. The van der Waals surface area contributed by atoms with Gasteiger partial charge in [0, 0.05) is 13.1 Å². The number of sulfonamides is 1. The minimum absolute atomic E-state index is 0.328. The molecule has 3 aromatic rings. The Kier molecular flexibility index (Phi) is 8.28. The molecule has 1 atom stereocenters. The molecule has 7 nitrogen and oxygen atoms in total. The molecule has 0 aromatic heterocycles. The summed E-state index contributed by atoms with van der Waals surface area (Å²) in [4.78, 5) is 15.4. The molecule has 8 heteroatoms. The number of benzene rings is 3. The third-order valence-electron chi connectivity index (χ3n) is 6.25. The van der Waals surface area contributed by atoms with E-state index >= 15 is 0 Å². The Bertz CT molecular complexity index is 1240. The maximum Gasteiger partial charge on any atom is 0.243 e. The summed E-state index contributed by atoms with van der Waals surface area (Å²) in [7, 11) is -3.71. The Labute approximate surface area is 213 Å². The summed E-state index contributed by atoms with van der Waals surface area (Å²) in [6.45, 7) is 5.16. The Hall–Kier alpha value is -3.36. The van der Waals surface area contributed by atoms with Gasteiger partial charge < -0.3 is 10.1 Å². The van der Waals surface area contributed by atoms with Crippen molar-refractivity contribution >= 4 is 21.6 Å². The molecule has 0 spiro atoms. The predicted octanol–water partition coefficient (Wildman–Crippen LogP) is 4.55. The summed E-state index contributed by atoms with van der Waals surface area (Å²) in [5.74, 6) is 0.886. The van der Waals surface area contributed by atoms with E-state index in [1.807, 2.05) is 42.5 Å². The van der Waals surface area contributed by atoms with Crippen LogP contribution in [0, 0.1) is 0 Å². The SMILES string of the molecule is CC(C(=O)NCc1ccc(CN2CCCC2)cc1)N(c1ccc(Oc2ccccc2)cc1)S(C)(=O)=O. The van der Waals surface area contributed by atoms with Crippen LogP contribution in [0.5, 0.6) is 11.5 Å². The van der Waals surface area contributed by atoms with Crippen molar-refractivity contribution in [2.45, 2.75) is 38.9 Å². The standard InChI is InChI=1S/C28H33N3O4S/c1-22(28(32)29-20-23-10-12-24(13-11-23)21-30-18-6-7-19-30)31(36(2,33)34)25-14-16-27(17-15-25)35-26-8-4-3-5-9-26/h3-5,8-17,22H,6-7,18-21H2,1-2H3,(H,29,32). The van der Waals surface area contributed by atoms with Gasteiger partial charge in [-0.2, -0.15) is 0 Å². The zero-order chi connectivity index (χ0) is 25.5. The molecule has 0 bridgehead atoms. The quantitative estimate of drug-likeness (QED) is 0.436. The van der Waals surface area contributed by atoms with Crippen molar-refractivity contribution in [3.8, 4) is 11.5 Å². The lowest BCUT2D eigenvalue weighted by atomic mass is 10.1. The number of para-hydroxylation sites is 1. The molecule has 1 saturated heterocycles. The summed E-state index contributed by atoms with van der Waals surface area (Å²) in [5.41, 5.74) is 2.61. The van der Waals surface area contributed by atoms with Crippen molar-refractivity contribution in [3.05, 3.63) is 90.0 Å². The average molecular weight is 508 g/mol. The lowest BCUT2D eigenvalue weighted by molar-refractivity contribution is -0.122. The summed E-state index contributed by atoms with van der Waals surface area (Å²) >= 11 is 0. The number of hydrogen-bond acceptors (Lipinski definition) is 5. The Morgan fingerprint density at radius 3 is 2.11 bits per heavy atom. The van der Waals surface area contributed by atoms with Crippen LogP contribution in [-0.2, 0) is 27.9 Å². The molecule has 36 heavy (non-hydrogen) atoms. The minimum Gasteiger partial charge on any atom is -0.457 e. The fraction of sp³-hybridized carbons (Fsp3) is 0.321. The van der Waals surface area contributed by atoms with Crippen LogP contribution in [0.3, 0.4) is 0 Å². The van der Waals surface area contributed by atoms with E-state index in [-0.39, 0.29) is 5.91 Å². The van der Waals surface area contributed by atoms with Gasteiger partial charge in [0.2, 0.25) is 15.9 Å². The molecule has 1 heterocycles. The Morgan fingerprint density at radius 1 is 0.917 bits per heavy atom. The molecular weight excluding hydrogens is 474 g/mol. The van der Waals surface area contributed by atoms with Crippen LogP contribution in [0.2, 0.25) is 0 Å². The van der Waals surface area contributed by atoms with E-state index in [0.29, 0.717) is 23.7 Å². The van der Waals surface area contributed by atoms with Gasteiger partial charge in [-0.05, 0) is 80.4 Å². The van der Waals surface area contributed by atoms with Gasteiger partial charge in [-0.3, -0.25) is 14.0 Å². The van der Waals surface area contributed by atoms with E-state index in [1.54, 1.807) is 31.2 Å². The largest absolute Gasteiger partial charge is 0.457 e. The van der Waals surface area contributed by atoms with Gasteiger partial charge in [-0.25, -0.2) is 8.42 Å². The van der Waals surface area contributed by atoms with Crippen molar-refractivity contribution in [2.24, 2.45) is 0 Å². The van der Waals surface area contributed by atoms with Crippen LogP contribution in [0.25, 0.3) is 0 Å². The van der Waals surface area contributed by atoms with E-state index in [1.165, 1.54) is 18.4 Å². The van der Waals surface area contributed by atoms with Gasteiger partial charge in [-0.1, -0.05) is 42.5 Å². The lowest BCUT2D eigenvalue weighted by Gasteiger charge is -2.28. The number of nitrogens with one attached hydrogen (secondary N) is 1. The Morgan fingerprint density at radius 2 is 1.50 bits per heavy atom. The van der Waals surface area contributed by atoms with E-state index in [2.05, 4.69) is 22.3 Å². The number of rotatable bonds is 10. The van der Waals surface area contributed by atoms with Crippen molar-refractivity contribution in [1.82, 2.24) is 10.2 Å². The molecule has 0 aliphatic carbocycles. The third-order valence-corrected chi connectivity index (χ3v) is 7.49. The second kappa shape index (κ2) is 11.6. The number of carbonyl (C=O) groups excluding carboxylic acids is 1. The van der Waals surface area contributed by atoms with Gasteiger partial charge >= 0.3 is 0 Å². The molecule has 1 aliphatic rings. The van der Waals surface area contributed by atoms with Crippen molar-refractivity contribution in [2.75, 3.05) is 23.7 Å². The van der Waals surface area contributed by atoms with Crippen LogP contribution < -0.4 is 14.4 Å². The first-order valence-electron chi connectivity index (χ1n) is 12.2. The monoisotopic (exact) mass is 507 g/mol. The van der Waals surface area contributed by atoms with Crippen molar-refractivity contribution in [3.63, 3.8) is 0 Å². The highest BCUT2D eigenvalue weighted by Gasteiger charge is 2.29. The maximum atomic E-state index is 12.9. The molecule has 0 saturated carbocycles. The first-order valence-corrected chi connectivity index (χ1v) is 14.0. The van der Waals surface area contributed by atoms with E-state index in [9.17, 15) is 13.2 Å². The maximum absolute atomic E-state index is 12.9. The highest BCUT2D eigenvalue weighted by Crippen LogP contribution is 2.27. The van der Waals surface area contributed by atoms with Crippen LogP contribution in [0.15, 0.2) is 78.9 Å². The fourth-order valence-electron chi connectivity index (χ4n) is 4.39. The van der Waals surface area contributed by atoms with Gasteiger partial charge in [0.15, 0.2) is 0 Å². The number of nitrogens with zero attached hydrogens (tertiary/aromatic N) is 2. The van der Waals surface area contributed by atoms with E-state index in [4.69, 9.17) is 4.74 Å². The Balaban J connectivity index is 1.38. The van der Waals surface area contributed by atoms with Gasteiger partial charge in [0.05, 0.1) is 11.9 Å². The molecule has 1 amide bonds. The third kappa shape index (κ3) is 6.86. The van der Waals surface area contributed by atoms with Crippen molar-refractivity contribution in [1.29, 1.82) is 0 Å². The minimum atomic E-state index is -3.71. The molecule has 0 radical (unpaired) electrons. The molecule has 4 rings (SSSR count). The molecule has 1 aliphatic heterocycles. The molecule has 1 fully saturated rings. The number of likely N-dealkylation sites (tertiary alicyclic amines) is 1. The van der Waals surface area contributed by atoms with Crippen LogP contribution in [-0.4, -0.2) is 44.6 Å². The van der Waals surface area contributed by atoms with E-state index in [0.717, 1.165) is 35.8 Å². The molecule has 1 unspecified atom stereocenters. The zero-order valence-electron chi connectivity index (χ0n) is 20.8. The number of hydrogen-bond donors (Lipinski definition) is 1. The molecule has 190 valence electrons. The number of ether oxygens (including phenoxy) is 1. The summed E-state index contributed by atoms with van der Waals surface area (Å²) < 4.78 is 32.2. The molecular formula is C28H33N3O4S. The number of amides is 1. The first kappa shape index (κ1) is 25.7. The zero-order valence-corrected chi connectivity index (χ0v) is 21.6. The normalized spacial score (nSPS) is 14.8. The predicted molar refractivity (Wildman–Crippen MR) is 143 cm³/mol. The van der Waals surface area contributed by atoms with Gasteiger partial charge in [-0.15, -0.1) is 0 Å². The van der Waals surface area contributed by atoms with Crippen LogP contribution in [0.1, 0.15) is 30.9 Å². The van der Waals surface area contributed by atoms with Gasteiger partial charge in [0.1, 0.15) is 17.5 Å². The van der Waals surface area contributed by atoms with Crippen molar-refractivity contribution < 1.29 is 17.9 Å². The topological polar surface area (TPSA) is 79.0 Å². The van der Waals surface area contributed by atoms with Gasteiger partial charge in [0.25, 0.3) is 0 Å². The highest BCUT2D eigenvalue weighted by molar-refractivity contribution is 7.92. The average Bonchev–Trinajstić information content (AvgIpc) is 3.37. The first-order chi connectivity index (χ1) is 17.3. The van der Waals surface area contributed by atoms with E-state index < -0.39 is 16.1 Å². The van der Waals surface area contributed by atoms with Crippen LogP contribution >= 0.6 is 0 Å². The van der Waals surface area contributed by atoms with Crippen LogP contribution in [0.4, 0.5) is 5.69 Å². The molecule has 1 N–H and O–H groups in total. The smallest absolute Gasteiger partial charge is 0.243 e. The number of anilines is 1. The summed E-state index contributed by atoms with van der Waals surface area (Å²) in [6, 6.07) is 23.3. The lowest BCUT2D eigenvalue weighted by Crippen LogP contribution is -2.47. The number of carbonyl (C=O) groups is 1. The summed E-state index contributed by atoms with van der Waals surface area (Å²) in [6.07, 6.45) is 3.63. The summed E-state index contributed by atoms with van der Waals surface area (Å²) in [5, 5.41) is 2.88. The second-order valence-corrected chi connectivity index (χ2v) is 11.0. The molecule has 3 aromatic carbocycles. The fourth-order valence-corrected chi connectivity index (χ4v) is 5.57. The second-order valence-electron chi connectivity index (χ2n) is 9.16.